The van der Waals surface area contributed by atoms with Crippen molar-refractivity contribution in [3.63, 3.8) is 0 Å². The Morgan fingerprint density at radius 1 is 1.20 bits per heavy atom. The van der Waals surface area contributed by atoms with Crippen LogP contribution in [0.4, 0.5) is 0 Å². The SMILES string of the molecule is CCOC(=O)[C@]1(C)[NH2+][C@H](c2ccc(C)cc2)[C@@H]2C(=O)N(CC)C(=O)[C@H]21. The number of likely N-dealkylation sites (tertiary alicyclic amines) is 1. The summed E-state index contributed by atoms with van der Waals surface area (Å²) in [5.74, 6) is -2.11. The van der Waals surface area contributed by atoms with Crippen LogP contribution >= 0.6 is 0 Å². The molecule has 0 aromatic heterocycles. The molecule has 1 aromatic carbocycles. The first-order chi connectivity index (χ1) is 11.8. The molecule has 0 bridgehead atoms. The van der Waals surface area contributed by atoms with Crippen molar-refractivity contribution in [2.75, 3.05) is 13.2 Å². The van der Waals surface area contributed by atoms with Crippen LogP contribution in [0.25, 0.3) is 0 Å². The molecule has 0 spiro atoms. The summed E-state index contributed by atoms with van der Waals surface area (Å²) in [6, 6.07) is 7.63. The lowest BCUT2D eigenvalue weighted by Crippen LogP contribution is -2.97. The Balaban J connectivity index is 2.07. The van der Waals surface area contributed by atoms with Gasteiger partial charge in [-0.05, 0) is 20.8 Å². The van der Waals surface area contributed by atoms with Gasteiger partial charge in [0.15, 0.2) is 0 Å². The van der Waals surface area contributed by atoms with Crippen molar-refractivity contribution < 1.29 is 24.4 Å². The number of hydrogen-bond donors (Lipinski definition) is 1. The molecule has 2 saturated heterocycles. The third-order valence-corrected chi connectivity index (χ3v) is 5.49. The summed E-state index contributed by atoms with van der Waals surface area (Å²) in [7, 11) is 0. The standard InChI is InChI=1S/C19H24N2O4/c1-5-21-16(22)13-14(17(21)23)19(4,18(24)25-6-2)20-15(13)12-9-7-11(3)8-10-12/h7-10,13-15,20H,5-6H2,1-4H3/p+1/t13-,14+,15-,19-/m1/s1. The summed E-state index contributed by atoms with van der Waals surface area (Å²) in [6.07, 6.45) is 0. The predicted molar refractivity (Wildman–Crippen MR) is 90.3 cm³/mol. The number of aryl methyl sites for hydroxylation is 1. The molecule has 2 fully saturated rings. The summed E-state index contributed by atoms with van der Waals surface area (Å²) in [4.78, 5) is 39.7. The molecule has 2 N–H and O–H groups in total. The van der Waals surface area contributed by atoms with Crippen LogP contribution < -0.4 is 5.32 Å². The van der Waals surface area contributed by atoms with E-state index in [9.17, 15) is 14.4 Å². The second kappa shape index (κ2) is 6.26. The van der Waals surface area contributed by atoms with Crippen LogP contribution in [0.3, 0.4) is 0 Å². The lowest BCUT2D eigenvalue weighted by molar-refractivity contribution is -0.731. The number of benzene rings is 1. The van der Waals surface area contributed by atoms with Gasteiger partial charge in [0.2, 0.25) is 17.4 Å². The zero-order valence-electron chi connectivity index (χ0n) is 15.1. The van der Waals surface area contributed by atoms with Crippen molar-refractivity contribution in [2.24, 2.45) is 11.8 Å². The number of ether oxygens (including phenoxy) is 1. The fraction of sp³-hybridized carbons (Fsp3) is 0.526. The number of imide groups is 1. The summed E-state index contributed by atoms with van der Waals surface area (Å²) < 4.78 is 5.24. The number of rotatable bonds is 4. The highest BCUT2D eigenvalue weighted by Gasteiger charge is 2.70. The molecule has 3 rings (SSSR count). The third-order valence-electron chi connectivity index (χ3n) is 5.49. The quantitative estimate of drug-likeness (QED) is 0.639. The third kappa shape index (κ3) is 2.56. The van der Waals surface area contributed by atoms with Crippen molar-refractivity contribution in [2.45, 2.75) is 39.3 Å². The van der Waals surface area contributed by atoms with E-state index in [0.29, 0.717) is 6.54 Å². The number of esters is 1. The molecular weight excluding hydrogens is 320 g/mol. The van der Waals surface area contributed by atoms with E-state index in [-0.39, 0.29) is 24.5 Å². The van der Waals surface area contributed by atoms with Crippen molar-refractivity contribution in [3.8, 4) is 0 Å². The topological polar surface area (TPSA) is 80.3 Å². The molecule has 134 valence electrons. The number of carbonyl (C=O) groups is 3. The highest BCUT2D eigenvalue weighted by atomic mass is 16.5. The van der Waals surface area contributed by atoms with Gasteiger partial charge in [0.1, 0.15) is 17.9 Å². The molecule has 6 heteroatoms. The van der Waals surface area contributed by atoms with Crippen LogP contribution in [0.15, 0.2) is 24.3 Å². The molecule has 0 unspecified atom stereocenters. The lowest BCUT2D eigenvalue weighted by atomic mass is 9.80. The lowest BCUT2D eigenvalue weighted by Gasteiger charge is -2.25. The highest BCUT2D eigenvalue weighted by Crippen LogP contribution is 2.44. The number of nitrogens with zero attached hydrogens (tertiary/aromatic N) is 1. The summed E-state index contributed by atoms with van der Waals surface area (Å²) in [6.45, 7) is 7.81. The van der Waals surface area contributed by atoms with E-state index in [0.717, 1.165) is 11.1 Å². The van der Waals surface area contributed by atoms with Gasteiger partial charge in [-0.2, -0.15) is 0 Å². The zero-order valence-corrected chi connectivity index (χ0v) is 15.1. The smallest absolute Gasteiger partial charge is 0.368 e. The van der Waals surface area contributed by atoms with Crippen molar-refractivity contribution in [1.82, 2.24) is 4.90 Å². The molecule has 0 saturated carbocycles. The summed E-state index contributed by atoms with van der Waals surface area (Å²) in [5.41, 5.74) is 0.982. The molecule has 2 heterocycles. The zero-order chi connectivity index (χ0) is 18.4. The van der Waals surface area contributed by atoms with Crippen LogP contribution in [0.1, 0.15) is 37.9 Å². The van der Waals surface area contributed by atoms with E-state index >= 15 is 0 Å². The van der Waals surface area contributed by atoms with Crippen molar-refractivity contribution in [1.29, 1.82) is 0 Å². The Labute approximate surface area is 147 Å². The molecule has 2 aliphatic heterocycles. The minimum atomic E-state index is -1.09. The number of carbonyl (C=O) groups excluding carboxylic acids is 3. The molecule has 1 aromatic rings. The van der Waals surface area contributed by atoms with Crippen LogP contribution in [0.5, 0.6) is 0 Å². The number of nitrogens with two attached hydrogens (primary N) is 1. The second-order valence-corrected chi connectivity index (χ2v) is 7.03. The molecule has 0 aliphatic carbocycles. The maximum absolute atomic E-state index is 12.9. The van der Waals surface area contributed by atoms with E-state index in [1.54, 1.807) is 20.8 Å². The molecule has 0 radical (unpaired) electrons. The average Bonchev–Trinajstić information content (AvgIpc) is 3.03. The largest absolute Gasteiger partial charge is 0.461 e. The molecule has 4 atom stereocenters. The van der Waals surface area contributed by atoms with Gasteiger partial charge in [0.05, 0.1) is 6.61 Å². The predicted octanol–water partition coefficient (Wildman–Crippen LogP) is 0.556. The number of amides is 2. The fourth-order valence-corrected chi connectivity index (χ4v) is 4.21. The monoisotopic (exact) mass is 345 g/mol. The second-order valence-electron chi connectivity index (χ2n) is 7.03. The van der Waals surface area contributed by atoms with Crippen LogP contribution in [0.2, 0.25) is 0 Å². The van der Waals surface area contributed by atoms with Crippen molar-refractivity contribution >= 4 is 17.8 Å². The first-order valence-corrected chi connectivity index (χ1v) is 8.80. The highest BCUT2D eigenvalue weighted by molar-refractivity contribution is 6.08. The Kier molecular flexibility index (Phi) is 4.41. The number of hydrogen-bond acceptors (Lipinski definition) is 4. The van der Waals surface area contributed by atoms with Crippen LogP contribution in [-0.2, 0) is 19.1 Å². The molecule has 2 aliphatic rings. The normalized spacial score (nSPS) is 31.4. The van der Waals surface area contributed by atoms with Gasteiger partial charge < -0.3 is 10.1 Å². The van der Waals surface area contributed by atoms with Crippen molar-refractivity contribution in [3.05, 3.63) is 35.4 Å². The van der Waals surface area contributed by atoms with E-state index in [1.807, 2.05) is 36.5 Å². The Bertz CT molecular complexity index is 715. The maximum Gasteiger partial charge on any atom is 0.368 e. The minimum absolute atomic E-state index is 0.188. The maximum atomic E-state index is 12.9. The van der Waals surface area contributed by atoms with Gasteiger partial charge in [-0.3, -0.25) is 14.5 Å². The summed E-state index contributed by atoms with van der Waals surface area (Å²) >= 11 is 0. The molecule has 2 amide bonds. The van der Waals surface area contributed by atoms with Gasteiger partial charge in [-0.25, -0.2) is 4.79 Å². The van der Waals surface area contributed by atoms with Gasteiger partial charge in [-0.1, -0.05) is 29.8 Å². The first-order valence-electron chi connectivity index (χ1n) is 8.80. The Morgan fingerprint density at radius 3 is 2.40 bits per heavy atom. The number of fused-ring (bicyclic) bond motifs is 1. The van der Waals surface area contributed by atoms with Crippen LogP contribution in [0, 0.1) is 18.8 Å². The van der Waals surface area contributed by atoms with E-state index in [2.05, 4.69) is 0 Å². The Morgan fingerprint density at radius 2 is 1.84 bits per heavy atom. The van der Waals surface area contributed by atoms with Gasteiger partial charge in [-0.15, -0.1) is 0 Å². The van der Waals surface area contributed by atoms with Gasteiger partial charge in [0, 0.05) is 19.0 Å². The molecule has 25 heavy (non-hydrogen) atoms. The Hall–Kier alpha value is -2.21. The van der Waals surface area contributed by atoms with Gasteiger partial charge >= 0.3 is 5.97 Å². The van der Waals surface area contributed by atoms with E-state index in [1.165, 1.54) is 4.90 Å². The number of quaternary nitrogens is 1. The van der Waals surface area contributed by atoms with Crippen LogP contribution in [-0.4, -0.2) is 41.4 Å². The summed E-state index contributed by atoms with van der Waals surface area (Å²) in [5, 5.41) is 1.85. The van der Waals surface area contributed by atoms with Gasteiger partial charge in [0.25, 0.3) is 0 Å². The average molecular weight is 345 g/mol. The fourth-order valence-electron chi connectivity index (χ4n) is 4.21. The minimum Gasteiger partial charge on any atom is -0.461 e. The molecular formula is C19H25N2O4+. The molecule has 6 nitrogen and oxygen atoms in total. The van der Waals surface area contributed by atoms with E-state index in [4.69, 9.17) is 4.74 Å². The van der Waals surface area contributed by atoms with E-state index < -0.39 is 23.3 Å². The first kappa shape index (κ1) is 17.6.